The monoisotopic (exact) mass is 403 g/mol. The van der Waals surface area contributed by atoms with Gasteiger partial charge in [-0.05, 0) is 29.2 Å². The molecule has 0 bridgehead atoms. The molecular formula is C23H21N3O2S. The summed E-state index contributed by atoms with van der Waals surface area (Å²) in [6, 6.07) is 17.9. The standard InChI is InChI=1S/C23H21N3O2S/c27-21(11-10-17-6-2-1-3-7-17)25-23-24-20(16-29-23)14-22(28)26-13-12-18-8-4-5-9-19(18)15-26/h1-11,16H,12-15H2,(H,24,25,27)/b11-10+. The third kappa shape index (κ3) is 4.97. The predicted molar refractivity (Wildman–Crippen MR) is 115 cm³/mol. The van der Waals surface area contributed by atoms with Crippen LogP contribution in [-0.4, -0.2) is 28.2 Å². The quantitative estimate of drug-likeness (QED) is 0.657. The highest BCUT2D eigenvalue weighted by atomic mass is 32.1. The molecule has 0 aliphatic carbocycles. The maximum atomic E-state index is 12.7. The van der Waals surface area contributed by atoms with E-state index >= 15 is 0 Å². The minimum atomic E-state index is -0.242. The van der Waals surface area contributed by atoms with Crippen molar-refractivity contribution in [3.05, 3.63) is 88.4 Å². The number of aromatic nitrogens is 1. The van der Waals surface area contributed by atoms with Crippen LogP contribution in [0.4, 0.5) is 5.13 Å². The van der Waals surface area contributed by atoms with Gasteiger partial charge in [-0.1, -0.05) is 54.6 Å². The number of hydrogen-bond donors (Lipinski definition) is 1. The minimum absolute atomic E-state index is 0.0617. The normalized spacial score (nSPS) is 13.3. The lowest BCUT2D eigenvalue weighted by Gasteiger charge is -2.28. The largest absolute Gasteiger partial charge is 0.338 e. The molecule has 29 heavy (non-hydrogen) atoms. The van der Waals surface area contributed by atoms with Crippen LogP contribution in [0.5, 0.6) is 0 Å². The van der Waals surface area contributed by atoms with Crippen molar-refractivity contribution in [2.24, 2.45) is 0 Å². The van der Waals surface area contributed by atoms with Gasteiger partial charge in [0.05, 0.1) is 12.1 Å². The number of hydrogen-bond acceptors (Lipinski definition) is 4. The van der Waals surface area contributed by atoms with Crippen molar-refractivity contribution < 1.29 is 9.59 Å². The van der Waals surface area contributed by atoms with Crippen LogP contribution in [0.2, 0.25) is 0 Å². The predicted octanol–water partition coefficient (Wildman–Crippen LogP) is 3.92. The summed E-state index contributed by atoms with van der Waals surface area (Å²) in [5, 5.41) is 5.08. The Kier molecular flexibility index (Phi) is 5.81. The Hall–Kier alpha value is -3.25. The summed E-state index contributed by atoms with van der Waals surface area (Å²) in [6.45, 7) is 1.38. The van der Waals surface area contributed by atoms with Crippen LogP contribution < -0.4 is 5.32 Å². The number of benzene rings is 2. The van der Waals surface area contributed by atoms with Crippen LogP contribution >= 0.6 is 11.3 Å². The average molecular weight is 404 g/mol. The zero-order chi connectivity index (χ0) is 20.1. The van der Waals surface area contributed by atoms with Gasteiger partial charge in [-0.2, -0.15) is 0 Å². The summed E-state index contributed by atoms with van der Waals surface area (Å²) >= 11 is 1.33. The van der Waals surface area contributed by atoms with Crippen LogP contribution in [-0.2, 0) is 29.0 Å². The SMILES string of the molecule is O=C(/C=C/c1ccccc1)Nc1nc(CC(=O)N2CCc3ccccc3C2)cs1. The summed E-state index contributed by atoms with van der Waals surface area (Å²) in [4.78, 5) is 31.0. The van der Waals surface area contributed by atoms with E-state index in [1.165, 1.54) is 28.5 Å². The number of amides is 2. The molecule has 1 aliphatic rings. The van der Waals surface area contributed by atoms with Gasteiger partial charge in [0.1, 0.15) is 0 Å². The lowest BCUT2D eigenvalue weighted by atomic mass is 10.00. The molecule has 5 nitrogen and oxygen atoms in total. The number of rotatable bonds is 5. The van der Waals surface area contributed by atoms with E-state index in [0.29, 0.717) is 17.4 Å². The van der Waals surface area contributed by atoms with Crippen molar-refractivity contribution in [3.8, 4) is 0 Å². The second-order valence-corrected chi connectivity index (χ2v) is 7.75. The highest BCUT2D eigenvalue weighted by Crippen LogP contribution is 2.21. The first kappa shape index (κ1) is 19.1. The van der Waals surface area contributed by atoms with E-state index < -0.39 is 0 Å². The summed E-state index contributed by atoms with van der Waals surface area (Å²) in [7, 11) is 0. The third-order valence-corrected chi connectivity index (χ3v) is 5.63. The molecule has 0 spiro atoms. The molecule has 0 radical (unpaired) electrons. The van der Waals surface area contributed by atoms with Gasteiger partial charge in [-0.15, -0.1) is 11.3 Å². The molecule has 0 fully saturated rings. The zero-order valence-corrected chi connectivity index (χ0v) is 16.7. The van der Waals surface area contributed by atoms with Crippen molar-refractivity contribution in [1.82, 2.24) is 9.88 Å². The molecule has 1 aromatic heterocycles. The number of carbonyl (C=O) groups excluding carboxylic acids is 2. The van der Waals surface area contributed by atoms with Crippen molar-refractivity contribution in [2.45, 2.75) is 19.4 Å². The van der Waals surface area contributed by atoms with Crippen molar-refractivity contribution >= 4 is 34.4 Å². The van der Waals surface area contributed by atoms with Gasteiger partial charge in [-0.25, -0.2) is 4.98 Å². The van der Waals surface area contributed by atoms with Crippen LogP contribution in [0, 0.1) is 0 Å². The van der Waals surface area contributed by atoms with Gasteiger partial charge < -0.3 is 4.90 Å². The lowest BCUT2D eigenvalue weighted by molar-refractivity contribution is -0.131. The Balaban J connectivity index is 1.32. The maximum absolute atomic E-state index is 12.7. The van der Waals surface area contributed by atoms with Gasteiger partial charge in [0, 0.05) is 24.5 Å². The molecule has 146 valence electrons. The fraction of sp³-hybridized carbons (Fsp3) is 0.174. The Labute approximate surface area is 173 Å². The van der Waals surface area contributed by atoms with Crippen molar-refractivity contribution in [3.63, 3.8) is 0 Å². The number of anilines is 1. The first-order valence-corrected chi connectivity index (χ1v) is 10.4. The minimum Gasteiger partial charge on any atom is -0.338 e. The van der Waals surface area contributed by atoms with Crippen molar-refractivity contribution in [1.29, 1.82) is 0 Å². The van der Waals surface area contributed by atoms with E-state index in [9.17, 15) is 9.59 Å². The second kappa shape index (κ2) is 8.84. The fourth-order valence-corrected chi connectivity index (χ4v) is 4.02. The molecule has 0 saturated carbocycles. The summed E-state index contributed by atoms with van der Waals surface area (Å²) < 4.78 is 0. The second-order valence-electron chi connectivity index (χ2n) is 6.89. The number of nitrogens with one attached hydrogen (secondary N) is 1. The molecule has 3 aromatic rings. The van der Waals surface area contributed by atoms with E-state index in [-0.39, 0.29) is 18.2 Å². The Morgan fingerprint density at radius 3 is 2.66 bits per heavy atom. The Morgan fingerprint density at radius 2 is 1.83 bits per heavy atom. The van der Waals surface area contributed by atoms with Gasteiger partial charge >= 0.3 is 0 Å². The van der Waals surface area contributed by atoms with E-state index in [4.69, 9.17) is 0 Å². The molecule has 2 aromatic carbocycles. The van der Waals surface area contributed by atoms with Gasteiger partial charge in [0.25, 0.3) is 0 Å². The highest BCUT2D eigenvalue weighted by Gasteiger charge is 2.21. The molecule has 1 N–H and O–H groups in total. The molecular weight excluding hydrogens is 382 g/mol. The first-order chi connectivity index (χ1) is 14.2. The van der Waals surface area contributed by atoms with E-state index in [1.807, 2.05) is 52.7 Å². The van der Waals surface area contributed by atoms with Crippen LogP contribution in [0.15, 0.2) is 66.1 Å². The van der Waals surface area contributed by atoms with Crippen LogP contribution in [0.3, 0.4) is 0 Å². The first-order valence-electron chi connectivity index (χ1n) is 9.50. The molecule has 0 unspecified atom stereocenters. The van der Waals surface area contributed by atoms with Gasteiger partial charge in [-0.3, -0.25) is 14.9 Å². The Morgan fingerprint density at radius 1 is 1.07 bits per heavy atom. The van der Waals surface area contributed by atoms with E-state index in [0.717, 1.165) is 18.5 Å². The summed E-state index contributed by atoms with van der Waals surface area (Å²) in [5.41, 5.74) is 4.17. The molecule has 4 rings (SSSR count). The number of carbonyl (C=O) groups is 2. The van der Waals surface area contributed by atoms with Gasteiger partial charge in [0.15, 0.2) is 5.13 Å². The molecule has 0 saturated heterocycles. The van der Waals surface area contributed by atoms with E-state index in [1.54, 1.807) is 6.08 Å². The highest BCUT2D eigenvalue weighted by molar-refractivity contribution is 7.14. The average Bonchev–Trinajstić information content (AvgIpc) is 3.19. The molecule has 6 heteroatoms. The van der Waals surface area contributed by atoms with Crippen LogP contribution in [0.25, 0.3) is 6.08 Å². The summed E-state index contributed by atoms with van der Waals surface area (Å²) in [6.07, 6.45) is 4.36. The Bertz CT molecular complexity index is 1040. The summed E-state index contributed by atoms with van der Waals surface area (Å²) in [5.74, 6) is -0.180. The fourth-order valence-electron chi connectivity index (χ4n) is 3.30. The molecule has 2 amide bonds. The van der Waals surface area contributed by atoms with Crippen molar-refractivity contribution in [2.75, 3.05) is 11.9 Å². The molecule has 0 atom stereocenters. The smallest absolute Gasteiger partial charge is 0.250 e. The van der Waals surface area contributed by atoms with Crippen LogP contribution in [0.1, 0.15) is 22.4 Å². The number of thiazole rings is 1. The topological polar surface area (TPSA) is 62.3 Å². The third-order valence-electron chi connectivity index (χ3n) is 4.82. The lowest BCUT2D eigenvalue weighted by Crippen LogP contribution is -2.36. The maximum Gasteiger partial charge on any atom is 0.250 e. The molecule has 2 heterocycles. The molecule has 1 aliphatic heterocycles. The van der Waals surface area contributed by atoms with Gasteiger partial charge in [0.2, 0.25) is 11.8 Å². The zero-order valence-electron chi connectivity index (χ0n) is 15.9. The van der Waals surface area contributed by atoms with E-state index in [2.05, 4.69) is 22.4 Å². The number of nitrogens with zero attached hydrogens (tertiary/aromatic N) is 2. The number of fused-ring (bicyclic) bond motifs is 1.